The highest BCUT2D eigenvalue weighted by atomic mass is 35.6. The fourth-order valence-corrected chi connectivity index (χ4v) is 1.44. The van der Waals surface area contributed by atoms with Crippen LogP contribution in [0.5, 0.6) is 0 Å². The molecule has 2 atom stereocenters. The molecule has 1 fully saturated rings. The Morgan fingerprint density at radius 3 is 1.71 bits per heavy atom. The topological polar surface area (TPSA) is 35.5 Å². The average Bonchev–Trinajstić information content (AvgIpc) is 2.27. The highest BCUT2D eigenvalue weighted by Crippen LogP contribution is 2.42. The van der Waals surface area contributed by atoms with E-state index in [-0.39, 0.29) is 0 Å². The summed E-state index contributed by atoms with van der Waals surface area (Å²) in [6.07, 6.45) is -2.77. The van der Waals surface area contributed by atoms with Gasteiger partial charge in [0.1, 0.15) is 0 Å². The zero-order chi connectivity index (χ0) is 11.1. The van der Waals surface area contributed by atoms with E-state index in [1.54, 1.807) is 0 Å². The van der Waals surface area contributed by atoms with Crippen molar-refractivity contribution in [3.8, 4) is 0 Å². The highest BCUT2D eigenvalue weighted by molar-refractivity contribution is 6.69. The van der Waals surface area contributed by atoms with Gasteiger partial charge in [0.05, 0.1) is 0 Å². The van der Waals surface area contributed by atoms with Crippen molar-refractivity contribution in [1.82, 2.24) is 0 Å². The van der Waals surface area contributed by atoms with E-state index in [4.69, 9.17) is 74.3 Å². The fourth-order valence-electron chi connectivity index (χ4n) is 0.729. The minimum atomic E-state index is -1.96. The molecule has 0 N–H and O–H groups in total. The van der Waals surface area contributed by atoms with Crippen LogP contribution >= 0.6 is 69.6 Å². The number of ether oxygens (including phenoxy) is 2. The van der Waals surface area contributed by atoms with Crippen LogP contribution < -0.4 is 0 Å². The highest BCUT2D eigenvalue weighted by Gasteiger charge is 2.53. The van der Waals surface area contributed by atoms with Gasteiger partial charge in [0, 0.05) is 0 Å². The van der Waals surface area contributed by atoms with Gasteiger partial charge in [-0.15, -0.1) is 0 Å². The Morgan fingerprint density at radius 1 is 1.00 bits per heavy atom. The standard InChI is InChI=1S/C5H2Cl6O3/c6-4(7,8)1-2(12)14-3(13-1)5(9,10)11/h1,3H/t1-,3-/m1/s1. The van der Waals surface area contributed by atoms with Crippen molar-refractivity contribution in [2.24, 2.45) is 0 Å². The Labute approximate surface area is 109 Å². The Hall–Kier alpha value is 1.17. The summed E-state index contributed by atoms with van der Waals surface area (Å²) in [6.45, 7) is 0. The molecule has 0 radical (unpaired) electrons. The quantitative estimate of drug-likeness (QED) is 0.508. The molecule has 0 saturated carbocycles. The summed E-state index contributed by atoms with van der Waals surface area (Å²) in [4.78, 5) is 11.1. The van der Waals surface area contributed by atoms with Crippen LogP contribution in [-0.4, -0.2) is 25.9 Å². The van der Waals surface area contributed by atoms with Gasteiger partial charge in [-0.05, 0) is 0 Å². The van der Waals surface area contributed by atoms with E-state index in [1.165, 1.54) is 0 Å². The smallest absolute Gasteiger partial charge is 0.342 e. The summed E-state index contributed by atoms with van der Waals surface area (Å²) < 4.78 is 5.52. The van der Waals surface area contributed by atoms with Gasteiger partial charge in [-0.3, -0.25) is 0 Å². The van der Waals surface area contributed by atoms with E-state index < -0.39 is 25.9 Å². The van der Waals surface area contributed by atoms with E-state index in [9.17, 15) is 4.79 Å². The predicted molar refractivity (Wildman–Crippen MR) is 55.3 cm³/mol. The number of hydrogen-bond donors (Lipinski definition) is 0. The molecule has 1 aliphatic heterocycles. The van der Waals surface area contributed by atoms with E-state index in [0.29, 0.717) is 0 Å². The number of esters is 1. The lowest BCUT2D eigenvalue weighted by Crippen LogP contribution is -2.33. The molecule has 1 aliphatic rings. The molecule has 1 heterocycles. The monoisotopic (exact) mass is 320 g/mol. The second kappa shape index (κ2) is 4.21. The summed E-state index contributed by atoms with van der Waals surface area (Å²) >= 11 is 32.5. The van der Waals surface area contributed by atoms with E-state index in [2.05, 4.69) is 4.74 Å². The van der Waals surface area contributed by atoms with Crippen molar-refractivity contribution in [2.45, 2.75) is 20.0 Å². The first-order chi connectivity index (χ1) is 6.12. The number of alkyl halides is 6. The Morgan fingerprint density at radius 2 is 1.50 bits per heavy atom. The summed E-state index contributed by atoms with van der Waals surface area (Å²) in [6, 6.07) is 0. The molecule has 0 aromatic rings. The third-order valence-electron chi connectivity index (χ3n) is 1.26. The maximum absolute atomic E-state index is 11.1. The molecule has 82 valence electrons. The van der Waals surface area contributed by atoms with Crippen molar-refractivity contribution in [3.05, 3.63) is 0 Å². The molecule has 0 unspecified atom stereocenters. The van der Waals surface area contributed by atoms with Gasteiger partial charge in [0.15, 0.2) is 0 Å². The van der Waals surface area contributed by atoms with Crippen LogP contribution in [0.2, 0.25) is 0 Å². The number of carbonyl (C=O) groups is 1. The fraction of sp³-hybridized carbons (Fsp3) is 0.800. The molecule has 1 saturated heterocycles. The van der Waals surface area contributed by atoms with Crippen LogP contribution in [0.1, 0.15) is 0 Å². The van der Waals surface area contributed by atoms with Gasteiger partial charge in [-0.25, -0.2) is 4.79 Å². The molecule has 9 heteroatoms. The Balaban J connectivity index is 2.75. The normalized spacial score (nSPS) is 29.1. The molecular formula is C5H2Cl6O3. The lowest BCUT2D eigenvalue weighted by molar-refractivity contribution is -0.143. The van der Waals surface area contributed by atoms with Crippen molar-refractivity contribution in [2.75, 3.05) is 0 Å². The average molecular weight is 323 g/mol. The minimum absolute atomic E-state index is 0.888. The molecule has 3 nitrogen and oxygen atoms in total. The maximum atomic E-state index is 11.1. The first-order valence-electron chi connectivity index (χ1n) is 3.12. The zero-order valence-corrected chi connectivity index (χ0v) is 10.7. The van der Waals surface area contributed by atoms with Gasteiger partial charge in [0.25, 0.3) is 10.1 Å². The van der Waals surface area contributed by atoms with Crippen molar-refractivity contribution in [3.63, 3.8) is 0 Å². The van der Waals surface area contributed by atoms with Gasteiger partial charge in [-0.2, -0.15) is 0 Å². The van der Waals surface area contributed by atoms with Crippen LogP contribution in [0.25, 0.3) is 0 Å². The molecule has 0 aliphatic carbocycles. The van der Waals surface area contributed by atoms with Crippen LogP contribution in [-0.2, 0) is 14.3 Å². The number of carbonyl (C=O) groups excluding carboxylic acids is 1. The molecule has 1 rings (SSSR count). The van der Waals surface area contributed by atoms with E-state index in [1.807, 2.05) is 0 Å². The lowest BCUT2D eigenvalue weighted by Gasteiger charge is -2.18. The van der Waals surface area contributed by atoms with Crippen molar-refractivity contribution < 1.29 is 14.3 Å². The van der Waals surface area contributed by atoms with Crippen LogP contribution in [0.15, 0.2) is 0 Å². The molecule has 0 bridgehead atoms. The second-order valence-corrected chi connectivity index (χ2v) is 7.11. The zero-order valence-electron chi connectivity index (χ0n) is 6.15. The van der Waals surface area contributed by atoms with Gasteiger partial charge in [-0.1, -0.05) is 69.6 Å². The molecule has 14 heavy (non-hydrogen) atoms. The lowest BCUT2D eigenvalue weighted by atomic mass is 10.4. The number of hydrogen-bond acceptors (Lipinski definition) is 3. The summed E-state index contributed by atoms with van der Waals surface area (Å²) in [5.41, 5.74) is 0. The van der Waals surface area contributed by atoms with Crippen LogP contribution in [0.4, 0.5) is 0 Å². The summed E-state index contributed by atoms with van der Waals surface area (Å²) in [7, 11) is 0. The van der Waals surface area contributed by atoms with E-state index >= 15 is 0 Å². The number of halogens is 6. The Kier molecular flexibility index (Phi) is 3.98. The van der Waals surface area contributed by atoms with Crippen molar-refractivity contribution >= 4 is 75.6 Å². The third kappa shape index (κ3) is 3.08. The van der Waals surface area contributed by atoms with Gasteiger partial charge >= 0.3 is 5.97 Å². The number of rotatable bonds is 0. The van der Waals surface area contributed by atoms with Gasteiger partial charge < -0.3 is 9.47 Å². The first kappa shape index (κ1) is 13.2. The minimum Gasteiger partial charge on any atom is -0.429 e. The van der Waals surface area contributed by atoms with Crippen molar-refractivity contribution in [1.29, 1.82) is 0 Å². The van der Waals surface area contributed by atoms with Crippen LogP contribution in [0.3, 0.4) is 0 Å². The molecular weight excluding hydrogens is 321 g/mol. The predicted octanol–water partition coefficient (Wildman–Crippen LogP) is 2.99. The third-order valence-corrected chi connectivity index (χ3v) is 2.39. The van der Waals surface area contributed by atoms with Crippen LogP contribution in [0, 0.1) is 0 Å². The largest absolute Gasteiger partial charge is 0.429 e. The SMILES string of the molecule is O=C1O[C@H](C(Cl)(Cl)Cl)O[C@H]1C(Cl)(Cl)Cl. The summed E-state index contributed by atoms with van der Waals surface area (Å²) in [5, 5.41) is 0. The second-order valence-electron chi connectivity index (χ2n) is 2.37. The van der Waals surface area contributed by atoms with E-state index in [0.717, 1.165) is 0 Å². The molecule has 0 spiro atoms. The molecule has 0 amide bonds. The number of cyclic esters (lactones) is 1. The maximum Gasteiger partial charge on any atom is 0.342 e. The summed E-state index contributed by atoms with van der Waals surface area (Å²) in [5.74, 6) is -0.888. The van der Waals surface area contributed by atoms with Gasteiger partial charge in [0.2, 0.25) is 9.90 Å². The first-order valence-corrected chi connectivity index (χ1v) is 5.38. The molecule has 0 aromatic carbocycles. The Bertz CT molecular complexity index is 243. The molecule has 0 aromatic heterocycles.